The number of aromatic nitrogens is 3. The minimum absolute atomic E-state index is 0.0815. The topological polar surface area (TPSA) is 94.9 Å². The van der Waals surface area contributed by atoms with Crippen molar-refractivity contribution >= 4 is 29.3 Å². The maximum atomic E-state index is 11.9. The Balaban J connectivity index is 2.03. The van der Waals surface area contributed by atoms with E-state index in [1.54, 1.807) is 32.4 Å². The zero-order chi connectivity index (χ0) is 17.5. The molecule has 0 fully saturated rings. The Morgan fingerprint density at radius 3 is 3.04 bits per heavy atom. The number of thioether (sulfide) groups is 1. The minimum atomic E-state index is -0.0815. The molecular formula is C15H16ClN5O2S. The van der Waals surface area contributed by atoms with Crippen molar-refractivity contribution in [2.45, 2.75) is 11.6 Å². The molecule has 2 aromatic rings. The van der Waals surface area contributed by atoms with Gasteiger partial charge in [0.2, 0.25) is 11.1 Å². The summed E-state index contributed by atoms with van der Waals surface area (Å²) in [6.45, 7) is 0.412. The lowest BCUT2D eigenvalue weighted by molar-refractivity contribution is -0.127. The Labute approximate surface area is 149 Å². The number of hydrogen-bond acceptors (Lipinski definition) is 6. The van der Waals surface area contributed by atoms with E-state index in [1.807, 2.05) is 6.07 Å². The lowest BCUT2D eigenvalue weighted by atomic mass is 10.2. The number of nitrogens with zero attached hydrogens (tertiary/aromatic N) is 4. The van der Waals surface area contributed by atoms with Crippen LogP contribution in [0.25, 0.3) is 11.4 Å². The van der Waals surface area contributed by atoms with Gasteiger partial charge in [-0.3, -0.25) is 9.89 Å². The molecule has 0 aliphatic rings. The molecule has 1 N–H and O–H groups in total. The van der Waals surface area contributed by atoms with E-state index in [0.717, 1.165) is 0 Å². The normalized spacial score (nSPS) is 10.2. The Bertz CT molecular complexity index is 759. The molecule has 7 nitrogen and oxygen atoms in total. The van der Waals surface area contributed by atoms with Gasteiger partial charge >= 0.3 is 0 Å². The largest absolute Gasteiger partial charge is 0.496 e. The molecule has 0 unspecified atom stereocenters. The predicted octanol–water partition coefficient (Wildman–Crippen LogP) is 2.60. The number of carbonyl (C=O) groups excluding carboxylic acids is 1. The minimum Gasteiger partial charge on any atom is -0.496 e. The van der Waals surface area contributed by atoms with E-state index in [-0.39, 0.29) is 11.7 Å². The molecule has 0 atom stereocenters. The number of H-pyrrole nitrogens is 1. The van der Waals surface area contributed by atoms with E-state index in [1.165, 1.54) is 16.7 Å². The average Bonchev–Trinajstić information content (AvgIpc) is 3.06. The van der Waals surface area contributed by atoms with Crippen molar-refractivity contribution in [2.24, 2.45) is 0 Å². The van der Waals surface area contributed by atoms with Crippen molar-refractivity contribution in [3.05, 3.63) is 23.2 Å². The molecule has 1 heterocycles. The first kappa shape index (κ1) is 18.1. The van der Waals surface area contributed by atoms with Crippen molar-refractivity contribution in [3.8, 4) is 23.2 Å². The van der Waals surface area contributed by atoms with Crippen LogP contribution in [-0.4, -0.2) is 52.4 Å². The number of nitrogens with one attached hydrogen (secondary N) is 1. The maximum absolute atomic E-state index is 11.9. The number of carbonyl (C=O) groups is 1. The third-order valence-electron chi connectivity index (χ3n) is 3.19. The Morgan fingerprint density at radius 2 is 2.33 bits per heavy atom. The molecule has 24 heavy (non-hydrogen) atoms. The summed E-state index contributed by atoms with van der Waals surface area (Å²) >= 11 is 7.24. The smallest absolute Gasteiger partial charge is 0.232 e. The van der Waals surface area contributed by atoms with Gasteiger partial charge in [-0.05, 0) is 18.2 Å². The number of halogens is 1. The second-order valence-corrected chi connectivity index (χ2v) is 6.20. The summed E-state index contributed by atoms with van der Waals surface area (Å²) in [6, 6.07) is 7.22. The van der Waals surface area contributed by atoms with Crippen LogP contribution >= 0.6 is 23.4 Å². The Hall–Kier alpha value is -2.24. The molecule has 1 aromatic heterocycles. The van der Waals surface area contributed by atoms with Gasteiger partial charge < -0.3 is 9.64 Å². The molecule has 0 saturated heterocycles. The monoisotopic (exact) mass is 365 g/mol. The fraction of sp³-hybridized carbons (Fsp3) is 0.333. The molecule has 1 aromatic carbocycles. The molecule has 0 saturated carbocycles. The fourth-order valence-electron chi connectivity index (χ4n) is 1.88. The van der Waals surface area contributed by atoms with Gasteiger partial charge in [0.15, 0.2) is 5.82 Å². The van der Waals surface area contributed by atoms with Crippen molar-refractivity contribution in [3.63, 3.8) is 0 Å². The van der Waals surface area contributed by atoms with Crippen LogP contribution in [0.5, 0.6) is 5.75 Å². The second kappa shape index (κ2) is 8.57. The SMILES string of the molecule is COc1ccc(Cl)cc1-c1nc(SCC(=O)N(C)CCC#N)n[nH]1. The van der Waals surface area contributed by atoms with E-state index in [4.69, 9.17) is 21.6 Å². The zero-order valence-corrected chi connectivity index (χ0v) is 14.8. The first-order valence-electron chi connectivity index (χ1n) is 7.05. The number of nitriles is 1. The van der Waals surface area contributed by atoms with Crippen LogP contribution in [-0.2, 0) is 4.79 Å². The fourth-order valence-corrected chi connectivity index (χ4v) is 2.79. The number of aromatic amines is 1. The van der Waals surface area contributed by atoms with Crippen LogP contribution in [0, 0.1) is 11.3 Å². The van der Waals surface area contributed by atoms with Crippen molar-refractivity contribution in [2.75, 3.05) is 26.5 Å². The Kier molecular flexibility index (Phi) is 6.46. The highest BCUT2D eigenvalue weighted by molar-refractivity contribution is 7.99. The molecule has 1 amide bonds. The molecule has 0 spiro atoms. The van der Waals surface area contributed by atoms with Gasteiger partial charge in [-0.2, -0.15) is 5.26 Å². The van der Waals surface area contributed by atoms with Gasteiger partial charge in [0.05, 0.1) is 30.9 Å². The maximum Gasteiger partial charge on any atom is 0.232 e. The van der Waals surface area contributed by atoms with E-state index >= 15 is 0 Å². The highest BCUT2D eigenvalue weighted by Gasteiger charge is 2.14. The zero-order valence-electron chi connectivity index (χ0n) is 13.2. The molecule has 9 heteroatoms. The highest BCUT2D eigenvalue weighted by atomic mass is 35.5. The number of methoxy groups -OCH3 is 1. The summed E-state index contributed by atoms with van der Waals surface area (Å²) in [5.74, 6) is 1.26. The summed E-state index contributed by atoms with van der Waals surface area (Å²) in [5.41, 5.74) is 0.696. The van der Waals surface area contributed by atoms with Crippen molar-refractivity contribution < 1.29 is 9.53 Å². The van der Waals surface area contributed by atoms with Gasteiger partial charge in [0.25, 0.3) is 0 Å². The standard InChI is InChI=1S/C15H16ClN5O2S/c1-21(7-3-6-17)13(22)9-24-15-18-14(19-20-15)11-8-10(16)4-5-12(11)23-2/h4-5,8H,3,7,9H2,1-2H3,(H,18,19,20). The van der Waals surface area contributed by atoms with Crippen LogP contribution < -0.4 is 4.74 Å². The summed E-state index contributed by atoms with van der Waals surface area (Å²) in [7, 11) is 3.23. The Morgan fingerprint density at radius 1 is 1.54 bits per heavy atom. The van der Waals surface area contributed by atoms with Crippen molar-refractivity contribution in [1.29, 1.82) is 5.26 Å². The molecule has 126 valence electrons. The van der Waals surface area contributed by atoms with Crippen LogP contribution in [0.2, 0.25) is 5.02 Å². The number of hydrogen-bond donors (Lipinski definition) is 1. The van der Waals surface area contributed by atoms with Crippen molar-refractivity contribution in [1.82, 2.24) is 20.1 Å². The summed E-state index contributed by atoms with van der Waals surface area (Å²) in [6.07, 6.45) is 0.312. The average molecular weight is 366 g/mol. The molecule has 2 rings (SSSR count). The summed E-state index contributed by atoms with van der Waals surface area (Å²) in [4.78, 5) is 17.8. The van der Waals surface area contributed by atoms with Gasteiger partial charge in [-0.25, -0.2) is 4.98 Å². The van der Waals surface area contributed by atoms with E-state index in [0.29, 0.717) is 40.3 Å². The van der Waals surface area contributed by atoms with Gasteiger partial charge in [-0.1, -0.05) is 23.4 Å². The third kappa shape index (κ3) is 4.63. The number of rotatable bonds is 7. The lowest BCUT2D eigenvalue weighted by Gasteiger charge is -2.14. The van der Waals surface area contributed by atoms with Crippen LogP contribution in [0.4, 0.5) is 0 Å². The number of benzene rings is 1. The first-order chi connectivity index (χ1) is 11.5. The molecule has 0 radical (unpaired) electrons. The lowest BCUT2D eigenvalue weighted by Crippen LogP contribution is -2.29. The summed E-state index contributed by atoms with van der Waals surface area (Å²) < 4.78 is 5.29. The predicted molar refractivity (Wildman–Crippen MR) is 92.0 cm³/mol. The number of amides is 1. The van der Waals surface area contributed by atoms with E-state index in [2.05, 4.69) is 15.2 Å². The summed E-state index contributed by atoms with van der Waals surface area (Å²) in [5, 5.41) is 16.5. The molecule has 0 aliphatic heterocycles. The van der Waals surface area contributed by atoms with E-state index < -0.39 is 0 Å². The first-order valence-corrected chi connectivity index (χ1v) is 8.41. The van der Waals surface area contributed by atoms with Crippen LogP contribution in [0.3, 0.4) is 0 Å². The number of ether oxygens (including phenoxy) is 1. The molecule has 0 bridgehead atoms. The van der Waals surface area contributed by atoms with Gasteiger partial charge in [0, 0.05) is 18.6 Å². The molecule has 0 aliphatic carbocycles. The third-order valence-corrected chi connectivity index (χ3v) is 4.26. The van der Waals surface area contributed by atoms with E-state index in [9.17, 15) is 4.79 Å². The second-order valence-electron chi connectivity index (χ2n) is 4.82. The van der Waals surface area contributed by atoms with Gasteiger partial charge in [-0.15, -0.1) is 5.10 Å². The van der Waals surface area contributed by atoms with Crippen LogP contribution in [0.15, 0.2) is 23.4 Å². The van der Waals surface area contributed by atoms with Gasteiger partial charge in [0.1, 0.15) is 5.75 Å². The van der Waals surface area contributed by atoms with Crippen LogP contribution in [0.1, 0.15) is 6.42 Å². The highest BCUT2D eigenvalue weighted by Crippen LogP contribution is 2.31. The quantitative estimate of drug-likeness (QED) is 0.758. The molecular weight excluding hydrogens is 350 g/mol.